The molecule has 1 aliphatic heterocycles. The number of urea groups is 1. The average Bonchev–Trinajstić information content (AvgIpc) is 2.47. The smallest absolute Gasteiger partial charge is 0.321 e. The van der Waals surface area contributed by atoms with E-state index in [4.69, 9.17) is 10.00 Å². The minimum atomic E-state index is -0.112. The maximum Gasteiger partial charge on any atom is 0.321 e. The van der Waals surface area contributed by atoms with Gasteiger partial charge >= 0.3 is 6.03 Å². The molecule has 5 nitrogen and oxygen atoms in total. The van der Waals surface area contributed by atoms with Crippen LogP contribution in [0.3, 0.4) is 0 Å². The molecule has 0 spiro atoms. The van der Waals surface area contributed by atoms with E-state index in [0.29, 0.717) is 22.9 Å². The number of hydrogen-bond donors (Lipinski definition) is 1. The van der Waals surface area contributed by atoms with Crippen molar-refractivity contribution in [1.29, 1.82) is 5.26 Å². The van der Waals surface area contributed by atoms with E-state index in [-0.39, 0.29) is 6.03 Å². The lowest BCUT2D eigenvalue weighted by molar-refractivity contribution is 0.182. The molecule has 0 radical (unpaired) electrons. The van der Waals surface area contributed by atoms with Gasteiger partial charge in [0, 0.05) is 19.2 Å². The molecular weight excluding hydrogens is 254 g/mol. The molecule has 1 aliphatic rings. The van der Waals surface area contributed by atoms with Gasteiger partial charge in [-0.25, -0.2) is 4.79 Å². The lowest BCUT2D eigenvalue weighted by Gasteiger charge is -2.31. The summed E-state index contributed by atoms with van der Waals surface area (Å²) in [6, 6.07) is 6.92. The minimum Gasteiger partial charge on any atom is -0.495 e. The number of carbonyl (C=O) groups is 1. The molecule has 0 aliphatic carbocycles. The Hall–Kier alpha value is -2.22. The third kappa shape index (κ3) is 3.21. The second-order valence-electron chi connectivity index (χ2n) is 5.15. The highest BCUT2D eigenvalue weighted by atomic mass is 16.5. The predicted octanol–water partition coefficient (Wildman–Crippen LogP) is 2.83. The molecule has 1 fully saturated rings. The van der Waals surface area contributed by atoms with Crippen LogP contribution in [0.25, 0.3) is 0 Å². The fourth-order valence-corrected chi connectivity index (χ4v) is 2.43. The number of carbonyl (C=O) groups excluding carboxylic acids is 1. The first kappa shape index (κ1) is 14.2. The number of piperidine rings is 1. The van der Waals surface area contributed by atoms with Crippen LogP contribution in [0.1, 0.15) is 25.3 Å². The monoisotopic (exact) mass is 273 g/mol. The fraction of sp³-hybridized carbons (Fsp3) is 0.467. The van der Waals surface area contributed by atoms with Gasteiger partial charge in [-0.15, -0.1) is 0 Å². The van der Waals surface area contributed by atoms with Gasteiger partial charge in [0.25, 0.3) is 0 Å². The van der Waals surface area contributed by atoms with Gasteiger partial charge in [-0.1, -0.05) is 6.92 Å². The molecular formula is C15H19N3O2. The van der Waals surface area contributed by atoms with Crippen LogP contribution in [0.15, 0.2) is 18.2 Å². The van der Waals surface area contributed by atoms with E-state index >= 15 is 0 Å². The average molecular weight is 273 g/mol. The van der Waals surface area contributed by atoms with E-state index < -0.39 is 0 Å². The molecule has 2 rings (SSSR count). The maximum absolute atomic E-state index is 12.2. The molecule has 1 saturated heterocycles. The maximum atomic E-state index is 12.2. The number of nitrogens with zero attached hydrogens (tertiary/aromatic N) is 2. The fourth-order valence-electron chi connectivity index (χ4n) is 2.43. The number of rotatable bonds is 2. The molecule has 1 aromatic carbocycles. The third-order valence-corrected chi connectivity index (χ3v) is 3.52. The van der Waals surface area contributed by atoms with E-state index in [0.717, 1.165) is 19.5 Å². The van der Waals surface area contributed by atoms with Gasteiger partial charge in [-0.05, 0) is 30.9 Å². The Kier molecular flexibility index (Phi) is 4.46. The second-order valence-corrected chi connectivity index (χ2v) is 5.15. The second kappa shape index (κ2) is 6.29. The number of amides is 2. The molecule has 1 heterocycles. The van der Waals surface area contributed by atoms with Crippen molar-refractivity contribution >= 4 is 11.7 Å². The van der Waals surface area contributed by atoms with Crippen LogP contribution >= 0.6 is 0 Å². The van der Waals surface area contributed by atoms with Crippen molar-refractivity contribution < 1.29 is 9.53 Å². The Morgan fingerprint density at radius 3 is 3.00 bits per heavy atom. The summed E-state index contributed by atoms with van der Waals surface area (Å²) in [5, 5.41) is 11.7. The van der Waals surface area contributed by atoms with Crippen LogP contribution < -0.4 is 10.1 Å². The van der Waals surface area contributed by atoms with Gasteiger partial charge in [-0.2, -0.15) is 5.26 Å². The van der Waals surface area contributed by atoms with Crippen LogP contribution in [-0.4, -0.2) is 31.1 Å². The zero-order valence-electron chi connectivity index (χ0n) is 11.8. The summed E-state index contributed by atoms with van der Waals surface area (Å²) in [6.45, 7) is 3.72. The summed E-state index contributed by atoms with van der Waals surface area (Å²) in [6.07, 6.45) is 2.21. The quantitative estimate of drug-likeness (QED) is 0.901. The molecule has 1 atom stereocenters. The van der Waals surface area contributed by atoms with E-state index in [1.807, 2.05) is 11.0 Å². The van der Waals surface area contributed by atoms with Crippen molar-refractivity contribution in [2.24, 2.45) is 5.92 Å². The lowest BCUT2D eigenvalue weighted by Crippen LogP contribution is -2.41. The van der Waals surface area contributed by atoms with Crippen LogP contribution in [0.5, 0.6) is 5.75 Å². The summed E-state index contributed by atoms with van der Waals surface area (Å²) in [5.74, 6) is 1.04. The minimum absolute atomic E-state index is 0.112. The van der Waals surface area contributed by atoms with Gasteiger partial charge in [-0.3, -0.25) is 0 Å². The molecule has 1 aromatic rings. The van der Waals surface area contributed by atoms with Crippen LogP contribution in [0.4, 0.5) is 10.5 Å². The van der Waals surface area contributed by atoms with E-state index in [1.165, 1.54) is 13.5 Å². The number of hydrogen-bond acceptors (Lipinski definition) is 3. The third-order valence-electron chi connectivity index (χ3n) is 3.52. The van der Waals surface area contributed by atoms with E-state index in [1.54, 1.807) is 18.2 Å². The summed E-state index contributed by atoms with van der Waals surface area (Å²) in [4.78, 5) is 14.1. The molecule has 2 amide bonds. The topological polar surface area (TPSA) is 65.4 Å². The largest absolute Gasteiger partial charge is 0.495 e. The highest BCUT2D eigenvalue weighted by Gasteiger charge is 2.21. The number of nitrogens with one attached hydrogen (secondary N) is 1. The first-order valence-electron chi connectivity index (χ1n) is 6.78. The molecule has 20 heavy (non-hydrogen) atoms. The first-order chi connectivity index (χ1) is 9.63. The Labute approximate surface area is 119 Å². The van der Waals surface area contributed by atoms with Crippen molar-refractivity contribution in [2.75, 3.05) is 25.5 Å². The Morgan fingerprint density at radius 2 is 2.35 bits per heavy atom. The van der Waals surface area contributed by atoms with Gasteiger partial charge in [0.05, 0.1) is 24.4 Å². The molecule has 5 heteroatoms. The van der Waals surface area contributed by atoms with E-state index in [9.17, 15) is 4.79 Å². The summed E-state index contributed by atoms with van der Waals surface area (Å²) in [7, 11) is 1.52. The van der Waals surface area contributed by atoms with Gasteiger partial charge in [0.15, 0.2) is 0 Å². The van der Waals surface area contributed by atoms with Gasteiger partial charge in [0.2, 0.25) is 0 Å². The molecule has 0 bridgehead atoms. The van der Waals surface area contributed by atoms with Gasteiger partial charge < -0.3 is 15.0 Å². The highest BCUT2D eigenvalue weighted by molar-refractivity contribution is 5.91. The van der Waals surface area contributed by atoms with Crippen molar-refractivity contribution in [3.05, 3.63) is 23.8 Å². The number of anilines is 1. The predicted molar refractivity (Wildman–Crippen MR) is 76.7 cm³/mol. The Morgan fingerprint density at radius 1 is 1.55 bits per heavy atom. The molecule has 0 aromatic heterocycles. The zero-order valence-corrected chi connectivity index (χ0v) is 11.8. The lowest BCUT2D eigenvalue weighted by atomic mass is 10.0. The van der Waals surface area contributed by atoms with E-state index in [2.05, 4.69) is 12.2 Å². The number of nitriles is 1. The van der Waals surface area contributed by atoms with Crippen molar-refractivity contribution in [3.63, 3.8) is 0 Å². The number of benzene rings is 1. The Balaban J connectivity index is 2.09. The highest BCUT2D eigenvalue weighted by Crippen LogP contribution is 2.26. The number of likely N-dealkylation sites (tertiary alicyclic amines) is 1. The van der Waals surface area contributed by atoms with Crippen molar-refractivity contribution in [1.82, 2.24) is 4.90 Å². The van der Waals surface area contributed by atoms with Crippen LogP contribution in [0.2, 0.25) is 0 Å². The van der Waals surface area contributed by atoms with Crippen LogP contribution in [0, 0.1) is 17.2 Å². The van der Waals surface area contributed by atoms with Crippen molar-refractivity contribution in [3.8, 4) is 11.8 Å². The summed E-state index contributed by atoms with van der Waals surface area (Å²) >= 11 is 0. The first-order valence-corrected chi connectivity index (χ1v) is 6.78. The SMILES string of the molecule is COc1cc(C#N)ccc1NC(=O)N1CCCC(C)C1. The number of methoxy groups -OCH3 is 1. The van der Waals surface area contributed by atoms with Gasteiger partial charge in [0.1, 0.15) is 5.75 Å². The molecule has 0 saturated carbocycles. The summed E-state index contributed by atoms with van der Waals surface area (Å²) < 4.78 is 5.21. The Bertz CT molecular complexity index is 536. The van der Waals surface area contributed by atoms with Crippen molar-refractivity contribution in [2.45, 2.75) is 19.8 Å². The molecule has 106 valence electrons. The van der Waals surface area contributed by atoms with Crippen LogP contribution in [-0.2, 0) is 0 Å². The standard InChI is InChI=1S/C15H19N3O2/c1-11-4-3-7-18(10-11)15(19)17-13-6-5-12(9-16)8-14(13)20-2/h5-6,8,11H,3-4,7,10H2,1-2H3,(H,17,19). The zero-order chi connectivity index (χ0) is 14.5. The number of ether oxygens (including phenoxy) is 1. The molecule has 1 unspecified atom stereocenters. The summed E-state index contributed by atoms with van der Waals surface area (Å²) in [5.41, 5.74) is 1.10. The molecule has 1 N–H and O–H groups in total. The normalized spacial score (nSPS) is 18.2.